The van der Waals surface area contributed by atoms with Gasteiger partial charge in [-0.25, -0.2) is 0 Å². The fraction of sp³-hybridized carbons (Fsp3) is 0.0909. The van der Waals surface area contributed by atoms with Crippen molar-refractivity contribution in [1.82, 2.24) is 0 Å². The second-order valence-electron chi connectivity index (χ2n) is 3.87. The number of thioether (sulfide) groups is 1. The minimum Gasteiger partial charge on any atom is -0.263 e. The van der Waals surface area contributed by atoms with Gasteiger partial charge in [0.05, 0.1) is 10.5 Å². The zero-order chi connectivity index (χ0) is 12.9. The Labute approximate surface area is 105 Å². The van der Waals surface area contributed by atoms with Crippen LogP contribution >= 0.6 is 11.8 Å². The SMILES string of the molecule is O=[N+]([O-])C1=C2C(=Cc3ccccc32)SC1[N+](=O)[O-]. The molecule has 7 heteroatoms. The lowest BCUT2D eigenvalue weighted by atomic mass is 10.0. The van der Waals surface area contributed by atoms with Gasteiger partial charge in [0.2, 0.25) is 0 Å². The Morgan fingerprint density at radius 1 is 1.17 bits per heavy atom. The molecule has 18 heavy (non-hydrogen) atoms. The number of hydrogen-bond acceptors (Lipinski definition) is 5. The highest BCUT2D eigenvalue weighted by Crippen LogP contribution is 2.52. The second-order valence-corrected chi connectivity index (χ2v) is 4.99. The van der Waals surface area contributed by atoms with Crippen LogP contribution in [0.1, 0.15) is 11.1 Å². The first-order valence-corrected chi connectivity index (χ1v) is 5.97. The molecule has 1 atom stereocenters. The third kappa shape index (κ3) is 1.37. The van der Waals surface area contributed by atoms with Crippen LogP contribution in [-0.4, -0.2) is 15.2 Å². The molecule has 90 valence electrons. The predicted octanol–water partition coefficient (Wildman–Crippen LogP) is 2.38. The molecule has 0 spiro atoms. The van der Waals surface area contributed by atoms with E-state index in [-0.39, 0.29) is 5.70 Å². The van der Waals surface area contributed by atoms with Crippen molar-refractivity contribution in [3.05, 3.63) is 66.2 Å². The molecule has 6 nitrogen and oxygen atoms in total. The molecule has 2 aliphatic rings. The van der Waals surface area contributed by atoms with Gasteiger partial charge >= 0.3 is 11.1 Å². The molecule has 1 heterocycles. The van der Waals surface area contributed by atoms with Crippen molar-refractivity contribution in [2.75, 3.05) is 0 Å². The number of fused-ring (bicyclic) bond motifs is 3. The van der Waals surface area contributed by atoms with Gasteiger partial charge in [-0.15, -0.1) is 0 Å². The molecule has 0 saturated heterocycles. The van der Waals surface area contributed by atoms with Crippen molar-refractivity contribution < 1.29 is 9.85 Å². The summed E-state index contributed by atoms with van der Waals surface area (Å²) in [5.41, 5.74) is 1.66. The summed E-state index contributed by atoms with van der Waals surface area (Å²) in [4.78, 5) is 21.3. The van der Waals surface area contributed by atoms with Gasteiger partial charge in [-0.1, -0.05) is 24.3 Å². The average molecular weight is 262 g/mol. The van der Waals surface area contributed by atoms with Crippen LogP contribution in [0.2, 0.25) is 0 Å². The normalized spacial score (nSPS) is 20.4. The van der Waals surface area contributed by atoms with Gasteiger partial charge in [-0.2, -0.15) is 0 Å². The van der Waals surface area contributed by atoms with Crippen LogP contribution in [0.15, 0.2) is 34.9 Å². The minimum absolute atomic E-state index is 0.318. The van der Waals surface area contributed by atoms with Gasteiger partial charge in [0.15, 0.2) is 0 Å². The standard InChI is InChI=1S/C11H6N2O4S/c14-12(15)10-9-7-4-2-1-3-6(7)5-8(9)18-11(10)13(16)17/h1-5,11H. The fourth-order valence-electron chi connectivity index (χ4n) is 2.18. The lowest BCUT2D eigenvalue weighted by Gasteiger charge is -2.01. The van der Waals surface area contributed by atoms with E-state index in [1.54, 1.807) is 18.2 Å². The summed E-state index contributed by atoms with van der Waals surface area (Å²) < 4.78 is 0. The zero-order valence-corrected chi connectivity index (χ0v) is 9.72. The number of nitrogens with zero attached hydrogens (tertiary/aromatic N) is 2. The summed E-state index contributed by atoms with van der Waals surface area (Å²) in [6.45, 7) is 0. The largest absolute Gasteiger partial charge is 0.351 e. The number of benzene rings is 1. The molecule has 1 aliphatic heterocycles. The van der Waals surface area contributed by atoms with Crippen LogP contribution < -0.4 is 0 Å². The van der Waals surface area contributed by atoms with Crippen molar-refractivity contribution in [1.29, 1.82) is 0 Å². The molecule has 1 aromatic carbocycles. The van der Waals surface area contributed by atoms with Gasteiger partial charge < -0.3 is 0 Å². The van der Waals surface area contributed by atoms with Crippen molar-refractivity contribution in [2.24, 2.45) is 0 Å². The first-order chi connectivity index (χ1) is 8.59. The Hall–Kier alpha value is -2.15. The van der Waals surface area contributed by atoms with E-state index < -0.39 is 15.2 Å². The zero-order valence-electron chi connectivity index (χ0n) is 8.90. The highest BCUT2D eigenvalue weighted by molar-refractivity contribution is 8.04. The molecule has 3 rings (SSSR count). The van der Waals surface area contributed by atoms with Crippen LogP contribution in [0.4, 0.5) is 0 Å². The van der Waals surface area contributed by atoms with Gasteiger partial charge in [-0.3, -0.25) is 20.2 Å². The maximum absolute atomic E-state index is 11.1. The molecule has 0 bridgehead atoms. The third-order valence-electron chi connectivity index (χ3n) is 2.88. The molecule has 0 radical (unpaired) electrons. The Balaban J connectivity index is 2.25. The second kappa shape index (κ2) is 3.67. The topological polar surface area (TPSA) is 86.3 Å². The van der Waals surface area contributed by atoms with E-state index in [4.69, 9.17) is 0 Å². The third-order valence-corrected chi connectivity index (χ3v) is 4.07. The monoisotopic (exact) mass is 262 g/mol. The lowest BCUT2D eigenvalue weighted by Crippen LogP contribution is -2.20. The van der Waals surface area contributed by atoms with E-state index in [0.29, 0.717) is 16.0 Å². The Morgan fingerprint density at radius 2 is 1.89 bits per heavy atom. The maximum Gasteiger partial charge on any atom is 0.351 e. The van der Waals surface area contributed by atoms with Crippen LogP contribution in [-0.2, 0) is 0 Å². The summed E-state index contributed by atoms with van der Waals surface area (Å²) in [7, 11) is 0. The van der Waals surface area contributed by atoms with Gasteiger partial charge in [0.25, 0.3) is 0 Å². The highest BCUT2D eigenvalue weighted by Gasteiger charge is 2.49. The lowest BCUT2D eigenvalue weighted by molar-refractivity contribution is -0.530. The fourth-order valence-corrected chi connectivity index (χ4v) is 3.35. The van der Waals surface area contributed by atoms with E-state index >= 15 is 0 Å². The molecular weight excluding hydrogens is 256 g/mol. The van der Waals surface area contributed by atoms with Crippen LogP contribution in [0.25, 0.3) is 11.6 Å². The average Bonchev–Trinajstić information content (AvgIpc) is 2.83. The first kappa shape index (κ1) is 11.0. The molecule has 0 amide bonds. The Kier molecular flexibility index (Phi) is 2.24. The van der Waals surface area contributed by atoms with Crippen molar-refractivity contribution in [2.45, 2.75) is 5.37 Å². The van der Waals surface area contributed by atoms with E-state index in [1.165, 1.54) is 0 Å². The van der Waals surface area contributed by atoms with Crippen LogP contribution in [0.5, 0.6) is 0 Å². The summed E-state index contributed by atoms with van der Waals surface area (Å²) in [6.07, 6.45) is 1.77. The van der Waals surface area contributed by atoms with E-state index in [9.17, 15) is 20.2 Å². The minimum atomic E-state index is -1.31. The molecular formula is C11H6N2O4S. The Morgan fingerprint density at radius 3 is 2.56 bits per heavy atom. The van der Waals surface area contributed by atoms with Gasteiger partial charge in [0, 0.05) is 9.83 Å². The maximum atomic E-state index is 11.1. The summed E-state index contributed by atoms with van der Waals surface area (Å²) in [5, 5.41) is 20.6. The molecule has 0 N–H and O–H groups in total. The first-order valence-electron chi connectivity index (χ1n) is 5.10. The molecule has 0 saturated carbocycles. The number of hydrogen-bond donors (Lipinski definition) is 0. The molecule has 1 unspecified atom stereocenters. The van der Waals surface area contributed by atoms with Crippen molar-refractivity contribution in [3.8, 4) is 0 Å². The van der Waals surface area contributed by atoms with Crippen LogP contribution in [0, 0.1) is 20.2 Å². The highest BCUT2D eigenvalue weighted by atomic mass is 32.2. The summed E-state index contributed by atoms with van der Waals surface area (Å²) in [6, 6.07) is 7.19. The van der Waals surface area contributed by atoms with Crippen LogP contribution in [0.3, 0.4) is 0 Å². The van der Waals surface area contributed by atoms with Gasteiger partial charge in [-0.05, 0) is 29.0 Å². The predicted molar refractivity (Wildman–Crippen MR) is 66.7 cm³/mol. The van der Waals surface area contributed by atoms with Gasteiger partial charge in [0.1, 0.15) is 0 Å². The number of allylic oxidation sites excluding steroid dienone is 1. The van der Waals surface area contributed by atoms with Crippen molar-refractivity contribution >= 4 is 23.4 Å². The number of rotatable bonds is 2. The number of nitro groups is 2. The Bertz CT molecular complexity index is 650. The van der Waals surface area contributed by atoms with Crippen molar-refractivity contribution in [3.63, 3.8) is 0 Å². The molecule has 0 aromatic heterocycles. The van der Waals surface area contributed by atoms with E-state index in [0.717, 1.165) is 17.3 Å². The molecule has 0 fully saturated rings. The quantitative estimate of drug-likeness (QED) is 0.603. The smallest absolute Gasteiger partial charge is 0.263 e. The summed E-state index contributed by atoms with van der Waals surface area (Å²) >= 11 is 0.929. The molecule has 1 aromatic rings. The van der Waals surface area contributed by atoms with E-state index in [1.807, 2.05) is 12.1 Å². The summed E-state index contributed by atoms with van der Waals surface area (Å²) in [5.74, 6) is 0. The molecule has 1 aliphatic carbocycles. The van der Waals surface area contributed by atoms with E-state index in [2.05, 4.69) is 0 Å².